The number of carbonyl (C=O) groups is 1. The van der Waals surface area contributed by atoms with Crippen LogP contribution >= 0.6 is 11.3 Å². The Bertz CT molecular complexity index is 727. The summed E-state index contributed by atoms with van der Waals surface area (Å²) >= 11 is 1.86. The molecular formula is C21H26N2O2S. The molecule has 26 heavy (non-hydrogen) atoms. The Morgan fingerprint density at radius 2 is 2.12 bits per heavy atom. The molecule has 2 aromatic rings. The van der Waals surface area contributed by atoms with Crippen molar-refractivity contribution in [3.05, 3.63) is 57.8 Å². The first kappa shape index (κ1) is 17.7. The normalized spacial score (nSPS) is 18.3. The molecule has 0 unspecified atom stereocenters. The van der Waals surface area contributed by atoms with Gasteiger partial charge in [0.05, 0.1) is 12.6 Å². The van der Waals surface area contributed by atoms with Gasteiger partial charge in [0.2, 0.25) is 5.91 Å². The molecule has 1 saturated carbocycles. The number of thiophene rings is 1. The lowest BCUT2D eigenvalue weighted by molar-refractivity contribution is -0.126. The molecule has 4 nitrogen and oxygen atoms in total. The molecular weight excluding hydrogens is 344 g/mol. The number of nitrogens with zero attached hydrogens (tertiary/aromatic N) is 1. The number of benzene rings is 1. The van der Waals surface area contributed by atoms with Crippen LogP contribution in [0.5, 0.6) is 0 Å². The fourth-order valence-electron chi connectivity index (χ4n) is 3.53. The molecule has 138 valence electrons. The molecule has 2 aliphatic rings. The van der Waals surface area contributed by atoms with E-state index >= 15 is 0 Å². The van der Waals surface area contributed by atoms with Crippen LogP contribution in [0.3, 0.4) is 0 Å². The molecule has 0 saturated heterocycles. The Hall–Kier alpha value is -1.69. The van der Waals surface area contributed by atoms with Crippen LogP contribution in [0.15, 0.2) is 41.8 Å². The number of nitrogens with one attached hydrogen (secondary N) is 1. The molecule has 1 amide bonds. The molecule has 1 aromatic carbocycles. The molecule has 0 bridgehead atoms. The Morgan fingerprint density at radius 1 is 1.27 bits per heavy atom. The van der Waals surface area contributed by atoms with Crippen molar-refractivity contribution in [3.63, 3.8) is 0 Å². The van der Waals surface area contributed by atoms with E-state index in [-0.39, 0.29) is 18.6 Å². The van der Waals surface area contributed by atoms with Crippen LogP contribution in [0.4, 0.5) is 0 Å². The zero-order chi connectivity index (χ0) is 17.8. The highest BCUT2D eigenvalue weighted by Crippen LogP contribution is 2.30. The second-order valence-electron chi connectivity index (χ2n) is 7.28. The third kappa shape index (κ3) is 4.53. The smallest absolute Gasteiger partial charge is 0.246 e. The Balaban J connectivity index is 1.38. The Labute approximate surface area is 159 Å². The molecule has 4 rings (SSSR count). The van der Waals surface area contributed by atoms with E-state index < -0.39 is 0 Å². The van der Waals surface area contributed by atoms with Crippen LogP contribution in [0.2, 0.25) is 0 Å². The predicted octanol–water partition coefficient (Wildman–Crippen LogP) is 3.39. The Kier molecular flexibility index (Phi) is 5.68. The molecule has 1 atom stereocenters. The Morgan fingerprint density at radius 3 is 2.92 bits per heavy atom. The van der Waals surface area contributed by atoms with Crippen LogP contribution in [0.1, 0.15) is 34.9 Å². The van der Waals surface area contributed by atoms with Gasteiger partial charge in [-0.15, -0.1) is 11.3 Å². The van der Waals surface area contributed by atoms with Crippen LogP contribution in [0.25, 0.3) is 0 Å². The van der Waals surface area contributed by atoms with Gasteiger partial charge in [-0.05, 0) is 47.8 Å². The van der Waals surface area contributed by atoms with E-state index in [0.29, 0.717) is 12.5 Å². The van der Waals surface area contributed by atoms with E-state index in [1.165, 1.54) is 28.8 Å². The summed E-state index contributed by atoms with van der Waals surface area (Å²) in [5.41, 5.74) is 2.69. The second-order valence-corrected chi connectivity index (χ2v) is 8.28. The van der Waals surface area contributed by atoms with E-state index in [1.54, 1.807) is 0 Å². The number of amides is 1. The van der Waals surface area contributed by atoms with Crippen molar-refractivity contribution in [2.24, 2.45) is 5.92 Å². The van der Waals surface area contributed by atoms with E-state index in [2.05, 4.69) is 45.9 Å². The minimum absolute atomic E-state index is 0.0141. The van der Waals surface area contributed by atoms with Crippen molar-refractivity contribution in [3.8, 4) is 0 Å². The number of fused-ring (bicyclic) bond motifs is 1. The topological polar surface area (TPSA) is 41.6 Å². The largest absolute Gasteiger partial charge is 0.371 e. The highest BCUT2D eigenvalue weighted by molar-refractivity contribution is 7.10. The molecule has 1 aliphatic carbocycles. The minimum atomic E-state index is -0.0141. The van der Waals surface area contributed by atoms with Crippen LogP contribution in [0, 0.1) is 5.92 Å². The fraction of sp³-hybridized carbons (Fsp3) is 0.476. The second kappa shape index (κ2) is 8.33. The summed E-state index contributed by atoms with van der Waals surface area (Å²) < 4.78 is 5.51. The van der Waals surface area contributed by atoms with Crippen LogP contribution < -0.4 is 5.32 Å². The third-order valence-corrected chi connectivity index (χ3v) is 6.26. The zero-order valence-electron chi connectivity index (χ0n) is 15.0. The van der Waals surface area contributed by atoms with Gasteiger partial charge in [-0.3, -0.25) is 9.69 Å². The number of rotatable bonds is 8. The van der Waals surface area contributed by atoms with Crippen molar-refractivity contribution in [1.29, 1.82) is 0 Å². The number of hydrogen-bond donors (Lipinski definition) is 1. The van der Waals surface area contributed by atoms with Gasteiger partial charge in [-0.25, -0.2) is 0 Å². The maximum absolute atomic E-state index is 12.2. The highest BCUT2D eigenvalue weighted by Gasteiger charge is 2.26. The van der Waals surface area contributed by atoms with Crippen LogP contribution in [-0.4, -0.2) is 37.1 Å². The van der Waals surface area contributed by atoms with E-state index in [4.69, 9.17) is 4.74 Å². The van der Waals surface area contributed by atoms with Crippen molar-refractivity contribution in [2.45, 2.75) is 31.8 Å². The monoisotopic (exact) mass is 370 g/mol. The average molecular weight is 371 g/mol. The lowest BCUT2D eigenvalue weighted by atomic mass is 10.0. The fourth-order valence-corrected chi connectivity index (χ4v) is 4.42. The van der Waals surface area contributed by atoms with Gasteiger partial charge in [-0.1, -0.05) is 30.3 Å². The zero-order valence-corrected chi connectivity index (χ0v) is 15.8. The summed E-state index contributed by atoms with van der Waals surface area (Å²) in [5.74, 6) is 0.674. The van der Waals surface area contributed by atoms with Crippen molar-refractivity contribution < 1.29 is 9.53 Å². The van der Waals surface area contributed by atoms with Gasteiger partial charge in [0.25, 0.3) is 0 Å². The molecule has 5 heteroatoms. The first-order valence-electron chi connectivity index (χ1n) is 9.48. The lowest BCUT2D eigenvalue weighted by Crippen LogP contribution is -2.41. The first-order valence-corrected chi connectivity index (χ1v) is 10.4. The van der Waals surface area contributed by atoms with Crippen molar-refractivity contribution in [1.82, 2.24) is 10.2 Å². The predicted molar refractivity (Wildman–Crippen MR) is 104 cm³/mol. The summed E-state index contributed by atoms with van der Waals surface area (Å²) in [6.07, 6.45) is 3.59. The molecule has 1 aliphatic heterocycles. The quantitative estimate of drug-likeness (QED) is 0.774. The van der Waals surface area contributed by atoms with Crippen molar-refractivity contribution >= 4 is 17.2 Å². The lowest BCUT2D eigenvalue weighted by Gasteiger charge is -2.35. The molecule has 1 N–H and O–H groups in total. The number of ether oxygens (including phenoxy) is 1. The molecule has 0 spiro atoms. The van der Waals surface area contributed by atoms with Crippen LogP contribution in [-0.2, 0) is 22.5 Å². The van der Waals surface area contributed by atoms with E-state index in [9.17, 15) is 4.79 Å². The van der Waals surface area contributed by atoms with Crippen molar-refractivity contribution in [2.75, 3.05) is 26.3 Å². The van der Waals surface area contributed by atoms with Gasteiger partial charge in [0, 0.05) is 24.5 Å². The maximum Gasteiger partial charge on any atom is 0.246 e. The first-order chi connectivity index (χ1) is 12.8. The van der Waals surface area contributed by atoms with Gasteiger partial charge < -0.3 is 10.1 Å². The number of carbonyl (C=O) groups excluding carboxylic acids is 1. The average Bonchev–Trinajstić information content (AvgIpc) is 3.37. The van der Waals surface area contributed by atoms with E-state index in [1.807, 2.05) is 17.4 Å². The summed E-state index contributed by atoms with van der Waals surface area (Å²) in [4.78, 5) is 16.2. The van der Waals surface area contributed by atoms with Gasteiger partial charge in [0.1, 0.15) is 6.61 Å². The minimum Gasteiger partial charge on any atom is -0.371 e. The molecule has 2 heterocycles. The molecule has 1 aromatic heterocycles. The van der Waals surface area contributed by atoms with Gasteiger partial charge in [-0.2, -0.15) is 0 Å². The summed E-state index contributed by atoms with van der Waals surface area (Å²) in [6.45, 7) is 3.50. The highest BCUT2D eigenvalue weighted by atomic mass is 32.1. The van der Waals surface area contributed by atoms with Gasteiger partial charge >= 0.3 is 0 Å². The SMILES string of the molecule is O=C(COCC1CC1)NC[C@@H](c1ccccc1)N1CCc2sccc2C1. The summed E-state index contributed by atoms with van der Waals surface area (Å²) in [7, 11) is 0. The maximum atomic E-state index is 12.2. The number of hydrogen-bond acceptors (Lipinski definition) is 4. The van der Waals surface area contributed by atoms with Gasteiger partial charge in [0.15, 0.2) is 0 Å². The standard InChI is InChI=1S/C21H26N2O2S/c24-21(15-25-14-16-6-7-16)22-12-19(17-4-2-1-3-5-17)23-10-8-20-18(13-23)9-11-26-20/h1-5,9,11,16,19H,6-8,10,12-15H2,(H,22,24)/t19-/m0/s1. The van der Waals surface area contributed by atoms with E-state index in [0.717, 1.165) is 26.1 Å². The molecule has 1 fully saturated rings. The molecule has 0 radical (unpaired) electrons. The third-order valence-electron chi connectivity index (χ3n) is 5.24. The summed E-state index contributed by atoms with van der Waals surface area (Å²) in [6, 6.07) is 12.9. The summed E-state index contributed by atoms with van der Waals surface area (Å²) in [5, 5.41) is 5.27.